The molecule has 136 valence electrons. The van der Waals surface area contributed by atoms with Crippen LogP contribution in [0.3, 0.4) is 0 Å². The van der Waals surface area contributed by atoms with E-state index in [1.54, 1.807) is 13.2 Å². The quantitative estimate of drug-likeness (QED) is 0.338. The zero-order valence-electron chi connectivity index (χ0n) is 15.4. The number of amidine groups is 1. The Balaban J connectivity index is 2.48. The smallest absolute Gasteiger partial charge is 0.160 e. The van der Waals surface area contributed by atoms with E-state index in [1.807, 2.05) is 49.2 Å². The summed E-state index contributed by atoms with van der Waals surface area (Å²) in [6.07, 6.45) is 1.63. The minimum Gasteiger partial charge on any atom is -0.387 e. The van der Waals surface area contributed by atoms with E-state index < -0.39 is 0 Å². The van der Waals surface area contributed by atoms with Gasteiger partial charge < -0.3 is 15.6 Å². The van der Waals surface area contributed by atoms with Crippen molar-refractivity contribution in [3.8, 4) is 0 Å². The van der Waals surface area contributed by atoms with E-state index >= 15 is 0 Å². The summed E-state index contributed by atoms with van der Waals surface area (Å²) >= 11 is 5.96. The molecular weight excluding hydrogens is 346 g/mol. The maximum Gasteiger partial charge on any atom is 0.160 e. The van der Waals surface area contributed by atoms with Crippen molar-refractivity contribution in [2.24, 2.45) is 5.10 Å². The fourth-order valence-corrected chi connectivity index (χ4v) is 2.55. The topological polar surface area (TPSA) is 52.5 Å². The van der Waals surface area contributed by atoms with Crippen LogP contribution in [-0.4, -0.2) is 29.8 Å². The number of aryl methyl sites for hydroxylation is 1. The highest BCUT2D eigenvalue weighted by Gasteiger charge is 2.20. The molecule has 0 bridgehead atoms. The molecule has 0 aliphatic rings. The largest absolute Gasteiger partial charge is 0.387 e. The molecule has 0 atom stereocenters. The predicted octanol–water partition coefficient (Wildman–Crippen LogP) is 3.67. The number of hydrogen-bond donors (Lipinski definition) is 2. The minimum absolute atomic E-state index is 0.477. The molecule has 1 aromatic carbocycles. The molecule has 0 saturated heterocycles. The zero-order chi connectivity index (χ0) is 19.1. The molecule has 0 saturated carbocycles. The van der Waals surface area contributed by atoms with Gasteiger partial charge in [-0.15, -0.1) is 0 Å². The third-order valence-electron chi connectivity index (χ3n) is 3.83. The Kier molecular flexibility index (Phi) is 6.81. The lowest BCUT2D eigenvalue weighted by Crippen LogP contribution is -2.34. The molecular formula is C20H24ClN5. The van der Waals surface area contributed by atoms with Crippen LogP contribution < -0.4 is 10.7 Å². The van der Waals surface area contributed by atoms with Gasteiger partial charge in [-0.3, -0.25) is 4.98 Å². The van der Waals surface area contributed by atoms with Gasteiger partial charge in [0.2, 0.25) is 0 Å². The van der Waals surface area contributed by atoms with Crippen LogP contribution in [0.1, 0.15) is 16.8 Å². The van der Waals surface area contributed by atoms with Gasteiger partial charge in [0.1, 0.15) is 0 Å². The molecule has 0 amide bonds. The Morgan fingerprint density at radius 2 is 2.00 bits per heavy atom. The van der Waals surface area contributed by atoms with E-state index in [1.165, 1.54) is 0 Å². The Bertz CT molecular complexity index is 811. The summed E-state index contributed by atoms with van der Waals surface area (Å²) in [5.74, 6) is 0.731. The predicted molar refractivity (Wildman–Crippen MR) is 109 cm³/mol. The van der Waals surface area contributed by atoms with Gasteiger partial charge in [-0.2, -0.15) is 5.10 Å². The number of hydrogen-bond acceptors (Lipinski definition) is 4. The third-order valence-corrected chi connectivity index (χ3v) is 4.06. The average molecular weight is 370 g/mol. The SMILES string of the molecule is C=C(NC)C(=C)N(Cc1ccc(Cl)cn1)/C(=N\NC)c1cccc(C)c1. The molecule has 5 nitrogen and oxygen atoms in total. The van der Waals surface area contributed by atoms with Crippen molar-refractivity contribution in [2.45, 2.75) is 13.5 Å². The summed E-state index contributed by atoms with van der Waals surface area (Å²) in [6.45, 7) is 10.8. The van der Waals surface area contributed by atoms with Crippen LogP contribution in [0.5, 0.6) is 0 Å². The molecule has 6 heteroatoms. The Hall–Kier alpha value is -2.79. The van der Waals surface area contributed by atoms with E-state index in [4.69, 9.17) is 11.6 Å². The number of halogens is 1. The molecule has 0 spiro atoms. The first-order chi connectivity index (χ1) is 12.5. The number of benzene rings is 1. The summed E-state index contributed by atoms with van der Waals surface area (Å²) in [6, 6.07) is 11.9. The highest BCUT2D eigenvalue weighted by Crippen LogP contribution is 2.19. The summed E-state index contributed by atoms with van der Waals surface area (Å²) in [5.41, 5.74) is 7.26. The van der Waals surface area contributed by atoms with Crippen molar-refractivity contribution < 1.29 is 0 Å². The lowest BCUT2D eigenvalue weighted by molar-refractivity contribution is 0.499. The first-order valence-electron chi connectivity index (χ1n) is 8.21. The second-order valence-corrected chi connectivity index (χ2v) is 6.19. The van der Waals surface area contributed by atoms with Crippen molar-refractivity contribution >= 4 is 17.4 Å². The van der Waals surface area contributed by atoms with E-state index in [-0.39, 0.29) is 0 Å². The number of rotatable bonds is 7. The van der Waals surface area contributed by atoms with Gasteiger partial charge in [0.05, 0.1) is 23.0 Å². The van der Waals surface area contributed by atoms with E-state index in [9.17, 15) is 0 Å². The first-order valence-corrected chi connectivity index (χ1v) is 8.59. The number of likely N-dealkylation sites (N-methyl/N-ethyl adjacent to an activating group) is 1. The Labute approximate surface area is 160 Å². The molecule has 0 fully saturated rings. The molecule has 2 N–H and O–H groups in total. The first kappa shape index (κ1) is 19.5. The van der Waals surface area contributed by atoms with Gasteiger partial charge in [0.15, 0.2) is 5.84 Å². The molecule has 26 heavy (non-hydrogen) atoms. The molecule has 2 rings (SSSR count). The van der Waals surface area contributed by atoms with E-state index in [0.717, 1.165) is 22.7 Å². The molecule has 1 aromatic heterocycles. The lowest BCUT2D eigenvalue weighted by atomic mass is 10.1. The second kappa shape index (κ2) is 9.06. The monoisotopic (exact) mass is 369 g/mol. The van der Waals surface area contributed by atoms with Gasteiger partial charge in [0.25, 0.3) is 0 Å². The summed E-state index contributed by atoms with van der Waals surface area (Å²) in [5, 5.41) is 8.14. The number of nitrogens with zero attached hydrogens (tertiary/aromatic N) is 3. The zero-order valence-corrected chi connectivity index (χ0v) is 16.1. The lowest BCUT2D eigenvalue weighted by Gasteiger charge is -2.29. The third kappa shape index (κ3) is 4.86. The minimum atomic E-state index is 0.477. The fourth-order valence-electron chi connectivity index (χ4n) is 2.44. The highest BCUT2D eigenvalue weighted by molar-refractivity contribution is 6.30. The maximum atomic E-state index is 5.96. The number of nitrogens with one attached hydrogen (secondary N) is 2. The van der Waals surface area contributed by atoms with Crippen LogP contribution in [0.4, 0.5) is 0 Å². The molecule has 1 heterocycles. The van der Waals surface area contributed by atoms with Crippen LogP contribution in [0.2, 0.25) is 5.02 Å². The van der Waals surface area contributed by atoms with Crippen molar-refractivity contribution in [3.63, 3.8) is 0 Å². The normalized spacial score (nSPS) is 11.0. The Morgan fingerprint density at radius 1 is 1.23 bits per heavy atom. The number of hydrazone groups is 1. The highest BCUT2D eigenvalue weighted by atomic mass is 35.5. The summed E-state index contributed by atoms with van der Waals surface area (Å²) in [4.78, 5) is 6.37. The van der Waals surface area contributed by atoms with Crippen molar-refractivity contribution in [1.29, 1.82) is 0 Å². The van der Waals surface area contributed by atoms with Gasteiger partial charge in [-0.05, 0) is 25.1 Å². The Morgan fingerprint density at radius 3 is 2.58 bits per heavy atom. The molecule has 0 aliphatic heterocycles. The fraction of sp³-hybridized carbons (Fsp3) is 0.200. The number of aromatic nitrogens is 1. The van der Waals surface area contributed by atoms with Crippen LogP contribution >= 0.6 is 11.6 Å². The van der Waals surface area contributed by atoms with Crippen molar-refractivity contribution in [1.82, 2.24) is 20.6 Å². The summed E-state index contributed by atoms with van der Waals surface area (Å²) < 4.78 is 0. The van der Waals surface area contributed by atoms with Crippen LogP contribution in [-0.2, 0) is 6.54 Å². The summed E-state index contributed by atoms with van der Waals surface area (Å²) in [7, 11) is 3.58. The molecule has 0 unspecified atom stereocenters. The van der Waals surface area contributed by atoms with Crippen LogP contribution in [0, 0.1) is 6.92 Å². The van der Waals surface area contributed by atoms with Gasteiger partial charge in [-0.25, -0.2) is 0 Å². The molecule has 0 radical (unpaired) electrons. The van der Waals surface area contributed by atoms with Crippen LogP contribution in [0.15, 0.2) is 72.2 Å². The maximum absolute atomic E-state index is 5.96. The van der Waals surface area contributed by atoms with Crippen molar-refractivity contribution in [3.05, 3.63) is 89.0 Å². The van der Waals surface area contributed by atoms with Crippen LogP contribution in [0.25, 0.3) is 0 Å². The number of pyridine rings is 1. The van der Waals surface area contributed by atoms with E-state index in [2.05, 4.69) is 40.1 Å². The van der Waals surface area contributed by atoms with E-state index in [0.29, 0.717) is 23.0 Å². The van der Waals surface area contributed by atoms with Gasteiger partial charge >= 0.3 is 0 Å². The standard InChI is InChI=1S/C20H24ClN5/c1-14-7-6-8-17(11-14)20(25-23-5)26(16(3)15(2)22-4)13-19-10-9-18(21)12-24-19/h6-12,22-23H,2-3,13H2,1,4-5H3/b25-20-. The van der Waals surface area contributed by atoms with Gasteiger partial charge in [-0.1, -0.05) is 48.5 Å². The average Bonchev–Trinajstić information content (AvgIpc) is 2.65. The van der Waals surface area contributed by atoms with Crippen molar-refractivity contribution in [2.75, 3.05) is 14.1 Å². The second-order valence-electron chi connectivity index (χ2n) is 5.76. The molecule has 2 aromatic rings. The molecule has 0 aliphatic carbocycles. The van der Waals surface area contributed by atoms with Gasteiger partial charge in [0, 0.05) is 31.6 Å².